The molecule has 2 fully saturated rings. The van der Waals surface area contributed by atoms with Gasteiger partial charge >= 0.3 is 0 Å². The molecule has 126 valence electrons. The molecule has 0 amide bonds. The van der Waals surface area contributed by atoms with Gasteiger partial charge in [0, 0.05) is 0 Å². The van der Waals surface area contributed by atoms with Crippen LogP contribution in [0.15, 0.2) is 12.1 Å². The fourth-order valence-electron chi connectivity index (χ4n) is 6.07. The average molecular weight is 316 g/mol. The van der Waals surface area contributed by atoms with Crippen molar-refractivity contribution in [3.05, 3.63) is 28.8 Å². The van der Waals surface area contributed by atoms with Crippen LogP contribution in [0.1, 0.15) is 74.7 Å². The molecule has 0 heterocycles. The van der Waals surface area contributed by atoms with Crippen molar-refractivity contribution in [1.29, 1.82) is 0 Å². The van der Waals surface area contributed by atoms with Crippen LogP contribution in [0.5, 0.6) is 5.75 Å². The minimum absolute atomic E-state index is 0.0839. The van der Waals surface area contributed by atoms with E-state index in [-0.39, 0.29) is 17.3 Å². The molecule has 1 aromatic carbocycles. The van der Waals surface area contributed by atoms with E-state index in [4.69, 9.17) is 0 Å². The van der Waals surface area contributed by atoms with Gasteiger partial charge < -0.3 is 15.3 Å². The zero-order valence-corrected chi connectivity index (χ0v) is 14.1. The van der Waals surface area contributed by atoms with Gasteiger partial charge in [0.15, 0.2) is 0 Å². The van der Waals surface area contributed by atoms with Gasteiger partial charge in [0.25, 0.3) is 0 Å². The van der Waals surface area contributed by atoms with Crippen LogP contribution in [0.4, 0.5) is 0 Å². The summed E-state index contributed by atoms with van der Waals surface area (Å²) in [5.41, 5.74) is 3.53. The van der Waals surface area contributed by atoms with E-state index < -0.39 is 6.10 Å². The first-order valence-electron chi connectivity index (χ1n) is 9.13. The van der Waals surface area contributed by atoms with Crippen LogP contribution >= 0.6 is 0 Å². The van der Waals surface area contributed by atoms with E-state index >= 15 is 0 Å². The molecule has 3 nitrogen and oxygen atoms in total. The van der Waals surface area contributed by atoms with Crippen molar-refractivity contribution in [3.8, 4) is 5.75 Å². The van der Waals surface area contributed by atoms with E-state index in [1.807, 2.05) is 6.07 Å². The van der Waals surface area contributed by atoms with Gasteiger partial charge in [-0.05, 0) is 97.4 Å². The quantitative estimate of drug-likeness (QED) is 0.741. The molecule has 23 heavy (non-hydrogen) atoms. The summed E-state index contributed by atoms with van der Waals surface area (Å²) in [6.45, 7) is 4.08. The zero-order chi connectivity index (χ0) is 16.4. The zero-order valence-electron chi connectivity index (χ0n) is 14.1. The Hall–Kier alpha value is -1.06. The molecule has 3 aliphatic rings. The summed E-state index contributed by atoms with van der Waals surface area (Å²) < 4.78 is 0. The second kappa shape index (κ2) is 5.22. The molecule has 0 bridgehead atoms. The van der Waals surface area contributed by atoms with Gasteiger partial charge in [0.1, 0.15) is 5.75 Å². The Morgan fingerprint density at radius 1 is 1.17 bits per heavy atom. The van der Waals surface area contributed by atoms with Gasteiger partial charge in [-0.2, -0.15) is 0 Å². The highest BCUT2D eigenvalue weighted by atomic mass is 16.3. The first kappa shape index (κ1) is 15.5. The third-order valence-electron chi connectivity index (χ3n) is 7.24. The molecule has 1 aromatic rings. The smallest absolute Gasteiger partial charge is 0.116 e. The summed E-state index contributed by atoms with van der Waals surface area (Å²) in [5, 5.41) is 30.7. The van der Waals surface area contributed by atoms with Crippen molar-refractivity contribution in [2.24, 2.45) is 17.3 Å². The minimum Gasteiger partial charge on any atom is -0.508 e. The summed E-state index contributed by atoms with van der Waals surface area (Å²) in [6.07, 6.45) is 5.67. The number of hydrogen-bond acceptors (Lipinski definition) is 3. The molecular weight excluding hydrogens is 288 g/mol. The normalized spacial score (nSPS) is 40.2. The monoisotopic (exact) mass is 316 g/mol. The van der Waals surface area contributed by atoms with Crippen molar-refractivity contribution in [2.75, 3.05) is 0 Å². The predicted octanol–water partition coefficient (Wildman–Crippen LogP) is 3.66. The summed E-state index contributed by atoms with van der Waals surface area (Å²) in [6, 6.07) is 3.65. The number of benzene rings is 1. The van der Waals surface area contributed by atoms with Gasteiger partial charge in [-0.25, -0.2) is 0 Å². The number of rotatable bonds is 1. The van der Waals surface area contributed by atoms with Crippen molar-refractivity contribution < 1.29 is 15.3 Å². The van der Waals surface area contributed by atoms with Crippen molar-refractivity contribution in [1.82, 2.24) is 0 Å². The highest BCUT2D eigenvalue weighted by molar-refractivity contribution is 5.47. The third-order valence-corrected chi connectivity index (χ3v) is 7.24. The molecule has 0 radical (unpaired) electrons. The SMILES string of the molecule is CC(O)c1cc(O)cc2c1[C@H]1CC[C@]3(C)[C@@H](O)CC[C@H]3[C@@H]1CC2. The second-order valence-electron chi connectivity index (χ2n) is 8.34. The average Bonchev–Trinajstić information content (AvgIpc) is 2.81. The van der Waals surface area contributed by atoms with E-state index in [0.29, 0.717) is 17.8 Å². The van der Waals surface area contributed by atoms with Crippen molar-refractivity contribution >= 4 is 0 Å². The number of fused-ring (bicyclic) bond motifs is 5. The Morgan fingerprint density at radius 3 is 2.70 bits per heavy atom. The first-order valence-corrected chi connectivity index (χ1v) is 9.13. The number of hydrogen-bond donors (Lipinski definition) is 3. The third kappa shape index (κ3) is 2.16. The molecule has 0 aliphatic heterocycles. The lowest BCUT2D eigenvalue weighted by atomic mass is 9.55. The number of phenolic OH excluding ortho intramolecular Hbond substituents is 1. The molecule has 2 saturated carbocycles. The van der Waals surface area contributed by atoms with Crippen LogP contribution in [-0.2, 0) is 6.42 Å². The lowest BCUT2D eigenvalue weighted by Crippen LogP contribution is -2.44. The van der Waals surface area contributed by atoms with Crippen molar-refractivity contribution in [2.45, 2.75) is 70.5 Å². The highest BCUT2D eigenvalue weighted by Crippen LogP contribution is 2.61. The molecule has 3 aliphatic carbocycles. The van der Waals surface area contributed by atoms with Crippen LogP contribution in [0.2, 0.25) is 0 Å². The van der Waals surface area contributed by atoms with Crippen LogP contribution in [0, 0.1) is 17.3 Å². The maximum absolute atomic E-state index is 10.5. The summed E-state index contributed by atoms with van der Waals surface area (Å²) in [5.74, 6) is 1.96. The van der Waals surface area contributed by atoms with E-state index in [1.165, 1.54) is 11.1 Å². The maximum atomic E-state index is 10.5. The van der Waals surface area contributed by atoms with Crippen LogP contribution < -0.4 is 0 Å². The lowest BCUT2D eigenvalue weighted by molar-refractivity contribution is -0.0230. The number of aliphatic hydroxyl groups excluding tert-OH is 2. The lowest BCUT2D eigenvalue weighted by Gasteiger charge is -2.50. The Bertz CT molecular complexity index is 624. The topological polar surface area (TPSA) is 60.7 Å². The molecule has 3 N–H and O–H groups in total. The van der Waals surface area contributed by atoms with E-state index in [1.54, 1.807) is 13.0 Å². The summed E-state index contributed by atoms with van der Waals surface area (Å²) in [7, 11) is 0. The first-order chi connectivity index (χ1) is 10.9. The molecule has 6 atom stereocenters. The van der Waals surface area contributed by atoms with Crippen LogP contribution in [0.3, 0.4) is 0 Å². The molecule has 0 spiro atoms. The number of aryl methyl sites for hydroxylation is 1. The Balaban J connectivity index is 1.78. The summed E-state index contributed by atoms with van der Waals surface area (Å²) >= 11 is 0. The summed E-state index contributed by atoms with van der Waals surface area (Å²) in [4.78, 5) is 0. The molecule has 1 unspecified atom stereocenters. The molecular formula is C20H28O3. The number of aliphatic hydroxyl groups is 2. The van der Waals surface area contributed by atoms with Gasteiger partial charge in [0.05, 0.1) is 12.2 Å². The number of aromatic hydroxyl groups is 1. The van der Waals surface area contributed by atoms with Gasteiger partial charge in [-0.1, -0.05) is 6.92 Å². The molecule has 0 saturated heterocycles. The fourth-order valence-corrected chi connectivity index (χ4v) is 6.07. The predicted molar refractivity (Wildman–Crippen MR) is 89.4 cm³/mol. The van der Waals surface area contributed by atoms with Crippen LogP contribution in [0.25, 0.3) is 0 Å². The van der Waals surface area contributed by atoms with Crippen LogP contribution in [-0.4, -0.2) is 21.4 Å². The van der Waals surface area contributed by atoms with E-state index in [2.05, 4.69) is 6.92 Å². The Morgan fingerprint density at radius 2 is 1.96 bits per heavy atom. The number of phenols is 1. The van der Waals surface area contributed by atoms with Gasteiger partial charge in [-0.3, -0.25) is 0 Å². The molecule has 4 rings (SSSR count). The Kier molecular flexibility index (Phi) is 3.51. The fraction of sp³-hybridized carbons (Fsp3) is 0.700. The largest absolute Gasteiger partial charge is 0.508 e. The van der Waals surface area contributed by atoms with E-state index in [0.717, 1.165) is 44.1 Å². The van der Waals surface area contributed by atoms with Gasteiger partial charge in [-0.15, -0.1) is 0 Å². The minimum atomic E-state index is -0.544. The highest BCUT2D eigenvalue weighted by Gasteiger charge is 2.54. The maximum Gasteiger partial charge on any atom is 0.116 e. The van der Waals surface area contributed by atoms with E-state index in [9.17, 15) is 15.3 Å². The second-order valence-corrected chi connectivity index (χ2v) is 8.34. The Labute approximate surface area is 138 Å². The molecule has 0 aromatic heterocycles. The molecule has 3 heteroatoms. The standard InChI is InChI=1S/C20H28O3/c1-11(21)16-10-13(22)9-12-3-4-14-15(19(12)16)7-8-20(2)17(14)5-6-18(20)23/h9-11,14-15,17-18,21-23H,3-8H2,1-2H3/t11?,14-,15+,17+,18+,20+/m1/s1. The van der Waals surface area contributed by atoms with Crippen molar-refractivity contribution in [3.63, 3.8) is 0 Å². The van der Waals surface area contributed by atoms with Gasteiger partial charge in [0.2, 0.25) is 0 Å².